The van der Waals surface area contributed by atoms with Crippen molar-refractivity contribution in [1.82, 2.24) is 10.6 Å². The second-order valence-electron chi connectivity index (χ2n) is 4.81. The molecule has 0 spiro atoms. The first kappa shape index (κ1) is 16.2. The summed E-state index contributed by atoms with van der Waals surface area (Å²) in [6.07, 6.45) is 0. The van der Waals surface area contributed by atoms with Crippen LogP contribution in [0, 0.1) is 0 Å². The molecular formula is C17H20ClN3O. The minimum Gasteiger partial charge on any atom is -0.508 e. The van der Waals surface area contributed by atoms with Gasteiger partial charge in [-0.15, -0.1) is 0 Å². The molecule has 0 fully saturated rings. The molecule has 2 aromatic rings. The quantitative estimate of drug-likeness (QED) is 0.586. The van der Waals surface area contributed by atoms with Crippen LogP contribution in [0.25, 0.3) is 0 Å². The summed E-state index contributed by atoms with van der Waals surface area (Å²) in [6, 6.07) is 14.8. The predicted molar refractivity (Wildman–Crippen MR) is 91.2 cm³/mol. The van der Waals surface area contributed by atoms with Gasteiger partial charge in [-0.25, -0.2) is 4.99 Å². The molecule has 0 radical (unpaired) electrons. The molecule has 0 aliphatic heterocycles. The number of guanidine groups is 1. The minimum absolute atomic E-state index is 0.261. The molecule has 0 saturated heterocycles. The Labute approximate surface area is 135 Å². The summed E-state index contributed by atoms with van der Waals surface area (Å²) < 4.78 is 0. The van der Waals surface area contributed by atoms with Crippen molar-refractivity contribution in [3.05, 3.63) is 64.7 Å². The van der Waals surface area contributed by atoms with E-state index in [2.05, 4.69) is 15.6 Å². The van der Waals surface area contributed by atoms with Crippen LogP contribution in [0.1, 0.15) is 18.1 Å². The van der Waals surface area contributed by atoms with Crippen LogP contribution in [0.15, 0.2) is 53.5 Å². The molecule has 0 aliphatic carbocycles. The third-order valence-corrected chi connectivity index (χ3v) is 3.47. The third kappa shape index (κ3) is 4.97. The highest BCUT2D eigenvalue weighted by Gasteiger charge is 2.01. The van der Waals surface area contributed by atoms with Crippen molar-refractivity contribution in [2.75, 3.05) is 6.54 Å². The van der Waals surface area contributed by atoms with Gasteiger partial charge in [0.1, 0.15) is 5.75 Å². The Morgan fingerprint density at radius 3 is 2.50 bits per heavy atom. The number of benzene rings is 2. The standard InChI is InChI=1S/C17H20ClN3O/c1-2-19-17(20-11-13-7-9-15(22)10-8-13)21-12-14-5-3-4-6-16(14)18/h3-10,22H,2,11-12H2,1H3,(H2,19,20,21). The van der Waals surface area contributed by atoms with Crippen molar-refractivity contribution in [3.8, 4) is 5.75 Å². The van der Waals surface area contributed by atoms with Crippen molar-refractivity contribution in [1.29, 1.82) is 0 Å². The van der Waals surface area contributed by atoms with E-state index in [0.29, 0.717) is 13.1 Å². The molecule has 0 atom stereocenters. The van der Waals surface area contributed by atoms with E-state index >= 15 is 0 Å². The van der Waals surface area contributed by atoms with Crippen LogP contribution in [0.2, 0.25) is 5.02 Å². The molecule has 2 rings (SSSR count). The van der Waals surface area contributed by atoms with E-state index in [-0.39, 0.29) is 5.75 Å². The normalized spacial score (nSPS) is 11.3. The van der Waals surface area contributed by atoms with Crippen LogP contribution >= 0.6 is 11.6 Å². The number of phenolic OH excluding ortho intramolecular Hbond substituents is 1. The van der Waals surface area contributed by atoms with Gasteiger partial charge in [0, 0.05) is 18.1 Å². The Kier molecular flexibility index (Phi) is 6.10. The third-order valence-electron chi connectivity index (χ3n) is 3.10. The number of phenols is 1. The highest BCUT2D eigenvalue weighted by molar-refractivity contribution is 6.31. The van der Waals surface area contributed by atoms with Crippen molar-refractivity contribution in [2.45, 2.75) is 20.0 Å². The van der Waals surface area contributed by atoms with Gasteiger partial charge < -0.3 is 15.7 Å². The fourth-order valence-electron chi connectivity index (χ4n) is 1.93. The topological polar surface area (TPSA) is 56.7 Å². The molecule has 4 nitrogen and oxygen atoms in total. The molecule has 0 aliphatic rings. The zero-order valence-corrected chi connectivity index (χ0v) is 13.3. The summed E-state index contributed by atoms with van der Waals surface area (Å²) in [4.78, 5) is 4.53. The fourth-order valence-corrected chi connectivity index (χ4v) is 2.14. The predicted octanol–water partition coefficient (Wildman–Crippen LogP) is 3.30. The van der Waals surface area contributed by atoms with Gasteiger partial charge >= 0.3 is 0 Å². The first-order chi connectivity index (χ1) is 10.7. The van der Waals surface area contributed by atoms with E-state index in [0.717, 1.165) is 28.7 Å². The lowest BCUT2D eigenvalue weighted by atomic mass is 10.2. The van der Waals surface area contributed by atoms with Crippen molar-refractivity contribution >= 4 is 17.6 Å². The molecule has 22 heavy (non-hydrogen) atoms. The van der Waals surface area contributed by atoms with Gasteiger partial charge in [-0.3, -0.25) is 0 Å². The monoisotopic (exact) mass is 317 g/mol. The average molecular weight is 318 g/mol. The van der Waals surface area contributed by atoms with Gasteiger partial charge in [0.05, 0.1) is 6.54 Å². The summed E-state index contributed by atoms with van der Waals surface area (Å²) in [5.74, 6) is 0.993. The maximum absolute atomic E-state index is 9.28. The van der Waals surface area contributed by atoms with E-state index in [1.165, 1.54) is 0 Å². The Morgan fingerprint density at radius 2 is 1.82 bits per heavy atom. The Balaban J connectivity index is 1.98. The lowest BCUT2D eigenvalue weighted by molar-refractivity contribution is 0.475. The van der Waals surface area contributed by atoms with Crippen LogP contribution in [-0.2, 0) is 13.1 Å². The molecule has 5 heteroatoms. The number of rotatable bonds is 5. The van der Waals surface area contributed by atoms with E-state index < -0.39 is 0 Å². The maximum Gasteiger partial charge on any atom is 0.191 e. The van der Waals surface area contributed by atoms with Crippen LogP contribution in [-0.4, -0.2) is 17.6 Å². The van der Waals surface area contributed by atoms with Gasteiger partial charge in [0.15, 0.2) is 5.96 Å². The van der Waals surface area contributed by atoms with Crippen molar-refractivity contribution in [3.63, 3.8) is 0 Å². The number of hydrogen-bond donors (Lipinski definition) is 3. The van der Waals surface area contributed by atoms with E-state index in [1.54, 1.807) is 12.1 Å². The summed E-state index contributed by atoms with van der Waals surface area (Å²) in [6.45, 7) is 3.95. The molecule has 0 amide bonds. The number of hydrogen-bond acceptors (Lipinski definition) is 2. The number of nitrogens with one attached hydrogen (secondary N) is 2. The Bertz CT molecular complexity index is 626. The van der Waals surface area contributed by atoms with E-state index in [4.69, 9.17) is 11.6 Å². The molecule has 0 bridgehead atoms. The zero-order valence-electron chi connectivity index (χ0n) is 12.5. The zero-order chi connectivity index (χ0) is 15.8. The highest BCUT2D eigenvalue weighted by Crippen LogP contribution is 2.14. The summed E-state index contributed by atoms with van der Waals surface area (Å²) >= 11 is 6.15. The number of nitrogens with zero attached hydrogens (tertiary/aromatic N) is 1. The summed E-state index contributed by atoms with van der Waals surface area (Å²) in [5, 5.41) is 16.5. The van der Waals surface area contributed by atoms with Crippen LogP contribution in [0.4, 0.5) is 0 Å². The van der Waals surface area contributed by atoms with Gasteiger partial charge in [0.25, 0.3) is 0 Å². The lowest BCUT2D eigenvalue weighted by Crippen LogP contribution is -2.36. The smallest absolute Gasteiger partial charge is 0.191 e. The molecule has 0 unspecified atom stereocenters. The molecule has 0 heterocycles. The van der Waals surface area contributed by atoms with Crippen molar-refractivity contribution < 1.29 is 5.11 Å². The van der Waals surface area contributed by atoms with Gasteiger partial charge in [-0.1, -0.05) is 41.9 Å². The number of halogens is 1. The first-order valence-corrected chi connectivity index (χ1v) is 7.60. The molecule has 2 aromatic carbocycles. The van der Waals surface area contributed by atoms with E-state index in [9.17, 15) is 5.11 Å². The minimum atomic E-state index is 0.261. The molecular weight excluding hydrogens is 298 g/mol. The van der Waals surface area contributed by atoms with Gasteiger partial charge in [0.2, 0.25) is 0 Å². The maximum atomic E-state index is 9.28. The SMILES string of the molecule is CCNC(=NCc1ccc(O)cc1)NCc1ccccc1Cl. The molecule has 116 valence electrons. The summed E-state index contributed by atoms with van der Waals surface area (Å²) in [5.41, 5.74) is 2.06. The van der Waals surface area contributed by atoms with Gasteiger partial charge in [-0.2, -0.15) is 0 Å². The van der Waals surface area contributed by atoms with E-state index in [1.807, 2.05) is 43.3 Å². The molecule has 3 N–H and O–H groups in total. The highest BCUT2D eigenvalue weighted by atomic mass is 35.5. The molecule has 0 saturated carbocycles. The number of aliphatic imine (C=N–C) groups is 1. The first-order valence-electron chi connectivity index (χ1n) is 7.22. The van der Waals surface area contributed by atoms with Gasteiger partial charge in [-0.05, 0) is 36.2 Å². The van der Waals surface area contributed by atoms with Crippen LogP contribution in [0.5, 0.6) is 5.75 Å². The largest absolute Gasteiger partial charge is 0.508 e. The van der Waals surface area contributed by atoms with Crippen LogP contribution in [0.3, 0.4) is 0 Å². The second-order valence-corrected chi connectivity index (χ2v) is 5.21. The number of aromatic hydroxyl groups is 1. The Morgan fingerprint density at radius 1 is 1.09 bits per heavy atom. The summed E-state index contributed by atoms with van der Waals surface area (Å²) in [7, 11) is 0. The second kappa shape index (κ2) is 8.29. The lowest BCUT2D eigenvalue weighted by Gasteiger charge is -2.12. The Hall–Kier alpha value is -2.20. The average Bonchev–Trinajstić information content (AvgIpc) is 2.53. The fraction of sp³-hybridized carbons (Fsp3) is 0.235. The van der Waals surface area contributed by atoms with Crippen LogP contribution < -0.4 is 10.6 Å². The molecule has 0 aromatic heterocycles. The van der Waals surface area contributed by atoms with Crippen molar-refractivity contribution in [2.24, 2.45) is 4.99 Å².